The Kier molecular flexibility index (Phi) is 5.77. The highest BCUT2D eigenvalue weighted by Gasteiger charge is 2.52. The Balaban J connectivity index is 1.18. The highest BCUT2D eigenvalue weighted by Crippen LogP contribution is 2.59. The SMILES string of the molecule is CCOCC1(C)CC2CC(CCOCC3CC4CCCC(C4)C3)C1C2. The quantitative estimate of drug-likeness (QED) is 0.524. The number of rotatable bonds is 8. The summed E-state index contributed by atoms with van der Waals surface area (Å²) >= 11 is 0. The maximum Gasteiger partial charge on any atom is 0.0522 e. The Morgan fingerprint density at radius 1 is 0.920 bits per heavy atom. The van der Waals surface area contributed by atoms with Gasteiger partial charge >= 0.3 is 0 Å². The molecule has 0 saturated heterocycles. The molecule has 25 heavy (non-hydrogen) atoms. The third kappa shape index (κ3) is 4.10. The molecule has 4 bridgehead atoms. The fourth-order valence-electron chi connectivity index (χ4n) is 7.38. The molecule has 4 saturated carbocycles. The van der Waals surface area contributed by atoms with Gasteiger partial charge in [-0.1, -0.05) is 26.2 Å². The Bertz CT molecular complexity index is 424. The first kappa shape index (κ1) is 18.3. The molecule has 0 spiro atoms. The molecule has 6 atom stereocenters. The number of fused-ring (bicyclic) bond motifs is 4. The van der Waals surface area contributed by atoms with Gasteiger partial charge in [-0.25, -0.2) is 0 Å². The van der Waals surface area contributed by atoms with E-state index in [1.807, 2.05) is 0 Å². The van der Waals surface area contributed by atoms with Crippen molar-refractivity contribution in [2.45, 2.75) is 78.1 Å². The molecule has 4 aliphatic carbocycles. The number of hydrogen-bond donors (Lipinski definition) is 0. The van der Waals surface area contributed by atoms with Gasteiger partial charge in [-0.05, 0) is 92.8 Å². The molecule has 4 fully saturated rings. The molecule has 0 N–H and O–H groups in total. The lowest BCUT2D eigenvalue weighted by Crippen LogP contribution is -2.35. The molecule has 2 heteroatoms. The van der Waals surface area contributed by atoms with Gasteiger partial charge in [0.05, 0.1) is 6.61 Å². The summed E-state index contributed by atoms with van der Waals surface area (Å²) in [6.45, 7) is 8.51. The van der Waals surface area contributed by atoms with Crippen LogP contribution in [-0.4, -0.2) is 26.4 Å². The third-order valence-electron chi connectivity index (χ3n) is 8.29. The molecule has 4 aliphatic rings. The largest absolute Gasteiger partial charge is 0.381 e. The average molecular weight is 349 g/mol. The molecule has 0 aromatic rings. The summed E-state index contributed by atoms with van der Waals surface area (Å²) in [6.07, 6.45) is 14.5. The van der Waals surface area contributed by atoms with E-state index in [0.717, 1.165) is 61.9 Å². The molecule has 0 amide bonds. The smallest absolute Gasteiger partial charge is 0.0522 e. The third-order valence-corrected chi connectivity index (χ3v) is 8.29. The van der Waals surface area contributed by atoms with Crippen LogP contribution < -0.4 is 0 Å². The summed E-state index contributed by atoms with van der Waals surface area (Å²) in [5.41, 5.74) is 0.449. The summed E-state index contributed by atoms with van der Waals surface area (Å²) in [5, 5.41) is 0. The molecule has 2 nitrogen and oxygen atoms in total. The first-order valence-electron chi connectivity index (χ1n) is 11.3. The van der Waals surface area contributed by atoms with Crippen LogP contribution in [0.4, 0.5) is 0 Å². The fraction of sp³-hybridized carbons (Fsp3) is 1.00. The van der Waals surface area contributed by atoms with Crippen LogP contribution in [0.1, 0.15) is 78.1 Å². The lowest BCUT2D eigenvalue weighted by molar-refractivity contribution is -0.00547. The van der Waals surface area contributed by atoms with E-state index in [2.05, 4.69) is 13.8 Å². The van der Waals surface area contributed by atoms with Crippen molar-refractivity contribution < 1.29 is 9.47 Å². The number of ether oxygens (including phenoxy) is 2. The van der Waals surface area contributed by atoms with Gasteiger partial charge in [-0.15, -0.1) is 0 Å². The molecule has 0 aromatic carbocycles. The van der Waals surface area contributed by atoms with Gasteiger partial charge in [0, 0.05) is 19.8 Å². The van der Waals surface area contributed by atoms with Crippen molar-refractivity contribution in [2.24, 2.45) is 40.9 Å². The minimum Gasteiger partial charge on any atom is -0.381 e. The number of hydrogen-bond acceptors (Lipinski definition) is 2. The average Bonchev–Trinajstić information content (AvgIpc) is 3.14. The Morgan fingerprint density at radius 3 is 2.44 bits per heavy atom. The van der Waals surface area contributed by atoms with E-state index < -0.39 is 0 Å². The Labute approximate surface area is 155 Å². The van der Waals surface area contributed by atoms with Crippen LogP contribution in [0.15, 0.2) is 0 Å². The normalized spacial score (nSPS) is 45.8. The molecular weight excluding hydrogens is 308 g/mol. The summed E-state index contributed by atoms with van der Waals surface area (Å²) in [5.74, 6) is 5.69. The van der Waals surface area contributed by atoms with E-state index in [1.54, 1.807) is 0 Å². The van der Waals surface area contributed by atoms with E-state index in [0.29, 0.717) is 5.41 Å². The zero-order valence-electron chi connectivity index (χ0n) is 16.7. The Hall–Kier alpha value is -0.0800. The van der Waals surface area contributed by atoms with Crippen LogP contribution in [0, 0.1) is 40.9 Å². The van der Waals surface area contributed by atoms with Crippen molar-refractivity contribution in [3.8, 4) is 0 Å². The van der Waals surface area contributed by atoms with E-state index >= 15 is 0 Å². The lowest BCUT2D eigenvalue weighted by Gasteiger charge is -2.39. The first-order chi connectivity index (χ1) is 12.2. The van der Waals surface area contributed by atoms with Crippen molar-refractivity contribution in [2.75, 3.05) is 26.4 Å². The Morgan fingerprint density at radius 2 is 1.72 bits per heavy atom. The minimum absolute atomic E-state index is 0.449. The molecule has 0 aliphatic heterocycles. The maximum absolute atomic E-state index is 6.23. The van der Waals surface area contributed by atoms with Gasteiger partial charge in [0.1, 0.15) is 0 Å². The predicted octanol–water partition coefficient (Wildman–Crippen LogP) is 5.70. The summed E-state index contributed by atoms with van der Waals surface area (Å²) in [7, 11) is 0. The fourth-order valence-corrected chi connectivity index (χ4v) is 7.38. The van der Waals surface area contributed by atoms with Crippen LogP contribution in [0.2, 0.25) is 0 Å². The van der Waals surface area contributed by atoms with E-state index in [1.165, 1.54) is 64.2 Å². The van der Waals surface area contributed by atoms with Crippen LogP contribution in [0.3, 0.4) is 0 Å². The highest BCUT2D eigenvalue weighted by atomic mass is 16.5. The topological polar surface area (TPSA) is 18.5 Å². The summed E-state index contributed by atoms with van der Waals surface area (Å²) in [4.78, 5) is 0. The molecule has 4 rings (SSSR count). The second-order valence-corrected chi connectivity index (χ2v) is 10.3. The van der Waals surface area contributed by atoms with Gasteiger partial charge < -0.3 is 9.47 Å². The van der Waals surface area contributed by atoms with Crippen LogP contribution in [0.5, 0.6) is 0 Å². The van der Waals surface area contributed by atoms with Crippen LogP contribution in [0.25, 0.3) is 0 Å². The minimum atomic E-state index is 0.449. The van der Waals surface area contributed by atoms with Crippen molar-refractivity contribution >= 4 is 0 Å². The van der Waals surface area contributed by atoms with Gasteiger partial charge in [0.25, 0.3) is 0 Å². The molecular formula is C23H40O2. The van der Waals surface area contributed by atoms with Gasteiger partial charge in [0.15, 0.2) is 0 Å². The standard InChI is InChI=1S/C23H40O2/c1-3-24-16-23(2)14-19-12-21(22(23)13-19)7-8-25-15-20-10-17-5-4-6-18(9-17)11-20/h17-22H,3-16H2,1-2H3. The van der Waals surface area contributed by atoms with Crippen molar-refractivity contribution in [1.29, 1.82) is 0 Å². The molecule has 0 heterocycles. The molecule has 144 valence electrons. The lowest BCUT2D eigenvalue weighted by atomic mass is 9.68. The molecule has 6 unspecified atom stereocenters. The second kappa shape index (κ2) is 7.89. The van der Waals surface area contributed by atoms with Gasteiger partial charge in [-0.3, -0.25) is 0 Å². The predicted molar refractivity (Wildman–Crippen MR) is 103 cm³/mol. The summed E-state index contributed by atoms with van der Waals surface area (Å²) < 4.78 is 12.1. The first-order valence-corrected chi connectivity index (χ1v) is 11.3. The van der Waals surface area contributed by atoms with Gasteiger partial charge in [0.2, 0.25) is 0 Å². The molecule has 0 radical (unpaired) electrons. The van der Waals surface area contributed by atoms with Crippen molar-refractivity contribution in [1.82, 2.24) is 0 Å². The van der Waals surface area contributed by atoms with Gasteiger partial charge in [-0.2, -0.15) is 0 Å². The van der Waals surface area contributed by atoms with E-state index in [9.17, 15) is 0 Å². The monoisotopic (exact) mass is 348 g/mol. The molecule has 0 aromatic heterocycles. The van der Waals surface area contributed by atoms with Crippen LogP contribution in [-0.2, 0) is 9.47 Å². The van der Waals surface area contributed by atoms with E-state index in [-0.39, 0.29) is 0 Å². The van der Waals surface area contributed by atoms with Crippen LogP contribution >= 0.6 is 0 Å². The maximum atomic E-state index is 6.23. The van der Waals surface area contributed by atoms with E-state index in [4.69, 9.17) is 9.47 Å². The second-order valence-electron chi connectivity index (χ2n) is 10.3. The highest BCUT2D eigenvalue weighted by molar-refractivity contribution is 5.02. The van der Waals surface area contributed by atoms with Crippen molar-refractivity contribution in [3.05, 3.63) is 0 Å². The van der Waals surface area contributed by atoms with Crippen molar-refractivity contribution in [3.63, 3.8) is 0 Å². The zero-order valence-corrected chi connectivity index (χ0v) is 16.7. The summed E-state index contributed by atoms with van der Waals surface area (Å²) in [6, 6.07) is 0. The zero-order chi connectivity index (χ0) is 17.3.